The number of carbonyl (C=O) groups excluding carboxylic acids is 1. The number of aryl methyl sites for hydroxylation is 2. The van der Waals surface area contributed by atoms with Gasteiger partial charge >= 0.3 is 0 Å². The first kappa shape index (κ1) is 23.0. The molecule has 0 spiro atoms. The zero-order chi connectivity index (χ0) is 24.5. The van der Waals surface area contributed by atoms with Crippen LogP contribution in [0.3, 0.4) is 0 Å². The van der Waals surface area contributed by atoms with E-state index in [4.69, 9.17) is 0 Å². The molecule has 1 amide bonds. The fourth-order valence-electron chi connectivity index (χ4n) is 4.21. The van der Waals surface area contributed by atoms with E-state index >= 15 is 0 Å². The summed E-state index contributed by atoms with van der Waals surface area (Å²) >= 11 is 1.46. The predicted octanol–water partition coefficient (Wildman–Crippen LogP) is 5.21. The molecular formula is C27H27N5O2S. The van der Waals surface area contributed by atoms with Gasteiger partial charge in [0, 0.05) is 23.9 Å². The molecule has 3 aromatic heterocycles. The number of aromatic nitrogens is 4. The molecule has 0 fully saturated rings. The monoisotopic (exact) mass is 485 g/mol. The molecule has 0 radical (unpaired) electrons. The maximum atomic E-state index is 13.3. The van der Waals surface area contributed by atoms with Crippen molar-refractivity contribution < 1.29 is 4.79 Å². The number of benzene rings is 2. The number of hydrogen-bond donors (Lipinski definition) is 2. The molecular weight excluding hydrogens is 458 g/mol. The average molecular weight is 486 g/mol. The molecule has 0 bridgehead atoms. The molecule has 7 nitrogen and oxygen atoms in total. The van der Waals surface area contributed by atoms with Gasteiger partial charge in [-0.05, 0) is 30.5 Å². The maximum Gasteiger partial charge on any atom is 0.262 e. The number of thiophene rings is 1. The molecule has 0 aliphatic carbocycles. The summed E-state index contributed by atoms with van der Waals surface area (Å²) in [7, 11) is 0. The Kier molecular flexibility index (Phi) is 6.21. The Morgan fingerprint density at radius 2 is 1.91 bits per heavy atom. The highest BCUT2D eigenvalue weighted by molar-refractivity contribution is 7.17. The van der Waals surface area contributed by atoms with Crippen LogP contribution in [0.4, 0.5) is 0 Å². The summed E-state index contributed by atoms with van der Waals surface area (Å²) in [6.07, 6.45) is 1.70. The lowest BCUT2D eigenvalue weighted by Gasteiger charge is -2.20. The highest BCUT2D eigenvalue weighted by atomic mass is 32.1. The van der Waals surface area contributed by atoms with Crippen LogP contribution in [0.25, 0.3) is 32.4 Å². The molecule has 8 heteroatoms. The number of nitrogens with one attached hydrogen (secondary N) is 2. The second kappa shape index (κ2) is 9.46. The minimum Gasteiger partial charge on any atom is -0.346 e. The molecule has 1 atom stereocenters. The predicted molar refractivity (Wildman–Crippen MR) is 140 cm³/mol. The Hall–Kier alpha value is -3.78. The van der Waals surface area contributed by atoms with Gasteiger partial charge in [0.1, 0.15) is 10.7 Å². The molecule has 5 rings (SSSR count). The first-order valence-corrected chi connectivity index (χ1v) is 12.6. The Bertz CT molecular complexity index is 1530. The third-order valence-corrected chi connectivity index (χ3v) is 7.07. The lowest BCUT2D eigenvalue weighted by Crippen LogP contribution is -2.33. The zero-order valence-corrected chi connectivity index (χ0v) is 20.7. The van der Waals surface area contributed by atoms with Gasteiger partial charge in [-0.15, -0.1) is 11.3 Å². The van der Waals surface area contributed by atoms with Gasteiger partial charge in [0.05, 0.1) is 28.8 Å². The first-order chi connectivity index (χ1) is 16.9. The van der Waals surface area contributed by atoms with Gasteiger partial charge < -0.3 is 10.3 Å². The summed E-state index contributed by atoms with van der Waals surface area (Å²) in [5.74, 6) is 0.735. The highest BCUT2D eigenvalue weighted by Gasteiger charge is 2.22. The van der Waals surface area contributed by atoms with Crippen LogP contribution >= 0.6 is 11.3 Å². The summed E-state index contributed by atoms with van der Waals surface area (Å²) in [6, 6.07) is 15.7. The SMILES string of the molecule is Cc1ccc(-c2csc3ncn(CCC(=O)N[C@H](c4nc5ccccc5[nH]4)C(C)C)c(=O)c23)cc1. The largest absolute Gasteiger partial charge is 0.346 e. The van der Waals surface area contributed by atoms with Crippen molar-refractivity contribution in [3.8, 4) is 11.1 Å². The van der Waals surface area contributed by atoms with Gasteiger partial charge in [-0.1, -0.05) is 55.8 Å². The topological polar surface area (TPSA) is 92.7 Å². The quantitative estimate of drug-likeness (QED) is 0.331. The number of para-hydroxylation sites is 2. The van der Waals surface area contributed by atoms with Crippen molar-refractivity contribution in [2.75, 3.05) is 0 Å². The lowest BCUT2D eigenvalue weighted by atomic mass is 10.0. The van der Waals surface area contributed by atoms with E-state index in [2.05, 4.69) is 20.3 Å². The minimum atomic E-state index is -0.253. The molecule has 0 saturated heterocycles. The third-order valence-electron chi connectivity index (χ3n) is 6.19. The van der Waals surface area contributed by atoms with Gasteiger partial charge in [-0.2, -0.15) is 0 Å². The van der Waals surface area contributed by atoms with E-state index < -0.39 is 0 Å². The second-order valence-electron chi connectivity index (χ2n) is 9.12. The van der Waals surface area contributed by atoms with Crippen molar-refractivity contribution >= 4 is 38.5 Å². The standard InChI is InChI=1S/C27H27N5O2S/c1-16(2)24(25-29-20-6-4-5-7-21(20)30-25)31-22(33)12-13-32-15-28-26-23(27(32)34)19(14-35-26)18-10-8-17(3)9-11-18/h4-11,14-16,24H,12-13H2,1-3H3,(H,29,30)(H,31,33)/t24-/m0/s1. The molecule has 0 unspecified atom stereocenters. The molecule has 3 heterocycles. The number of hydrogen-bond acceptors (Lipinski definition) is 5. The number of nitrogens with zero attached hydrogens (tertiary/aromatic N) is 3. The number of rotatable bonds is 7. The summed E-state index contributed by atoms with van der Waals surface area (Å²) < 4.78 is 1.53. The normalized spacial score (nSPS) is 12.5. The Morgan fingerprint density at radius 3 is 2.66 bits per heavy atom. The molecule has 2 N–H and O–H groups in total. The van der Waals surface area contributed by atoms with E-state index in [1.165, 1.54) is 22.2 Å². The van der Waals surface area contributed by atoms with E-state index in [0.29, 0.717) is 10.2 Å². The number of carbonyl (C=O) groups is 1. The van der Waals surface area contributed by atoms with Crippen LogP contribution < -0.4 is 10.9 Å². The van der Waals surface area contributed by atoms with Gasteiger partial charge in [0.2, 0.25) is 5.91 Å². The van der Waals surface area contributed by atoms with Crippen molar-refractivity contribution in [3.63, 3.8) is 0 Å². The number of aromatic amines is 1. The van der Waals surface area contributed by atoms with Crippen molar-refractivity contribution in [2.45, 2.75) is 39.8 Å². The van der Waals surface area contributed by atoms with Crippen LogP contribution in [0.5, 0.6) is 0 Å². The highest BCUT2D eigenvalue weighted by Crippen LogP contribution is 2.30. The minimum absolute atomic E-state index is 0.127. The van der Waals surface area contributed by atoms with Crippen molar-refractivity contribution in [1.82, 2.24) is 24.8 Å². The third kappa shape index (κ3) is 4.61. The Morgan fingerprint density at radius 1 is 1.14 bits per heavy atom. The van der Waals surface area contributed by atoms with Crippen LogP contribution in [0.15, 0.2) is 65.0 Å². The fraction of sp³-hybridized carbons (Fsp3) is 0.259. The zero-order valence-electron chi connectivity index (χ0n) is 19.9. The maximum absolute atomic E-state index is 13.3. The van der Waals surface area contributed by atoms with Gasteiger partial charge in [-0.25, -0.2) is 9.97 Å². The second-order valence-corrected chi connectivity index (χ2v) is 9.98. The number of fused-ring (bicyclic) bond motifs is 2. The van der Waals surface area contributed by atoms with Crippen LogP contribution in [0, 0.1) is 12.8 Å². The van der Waals surface area contributed by atoms with Crippen LogP contribution in [-0.4, -0.2) is 25.4 Å². The van der Waals surface area contributed by atoms with E-state index in [1.54, 1.807) is 0 Å². The number of imidazole rings is 1. The first-order valence-electron chi connectivity index (χ1n) is 11.7. The number of amides is 1. The van der Waals surface area contributed by atoms with Crippen LogP contribution in [0.2, 0.25) is 0 Å². The molecule has 35 heavy (non-hydrogen) atoms. The Balaban J connectivity index is 1.34. The fourth-order valence-corrected chi connectivity index (χ4v) is 5.12. The molecule has 5 aromatic rings. The van der Waals surface area contributed by atoms with Gasteiger partial charge in [-0.3, -0.25) is 14.2 Å². The summed E-state index contributed by atoms with van der Waals surface area (Å²) in [5.41, 5.74) is 4.71. The van der Waals surface area contributed by atoms with Gasteiger partial charge in [0.15, 0.2) is 0 Å². The molecule has 178 valence electrons. The van der Waals surface area contributed by atoms with E-state index in [0.717, 1.165) is 33.5 Å². The van der Waals surface area contributed by atoms with Crippen LogP contribution in [0.1, 0.15) is 37.7 Å². The molecule has 0 saturated carbocycles. The molecule has 0 aliphatic rings. The Labute approximate surface area is 206 Å². The van der Waals surface area contributed by atoms with Crippen LogP contribution in [-0.2, 0) is 11.3 Å². The van der Waals surface area contributed by atoms with Gasteiger partial charge in [0.25, 0.3) is 5.56 Å². The van der Waals surface area contributed by atoms with Crippen molar-refractivity contribution in [3.05, 3.63) is 82.0 Å². The van der Waals surface area contributed by atoms with E-state index in [-0.39, 0.29) is 36.4 Å². The summed E-state index contributed by atoms with van der Waals surface area (Å²) in [4.78, 5) is 39.3. The van der Waals surface area contributed by atoms with E-state index in [1.807, 2.05) is 74.7 Å². The lowest BCUT2D eigenvalue weighted by molar-refractivity contribution is -0.122. The van der Waals surface area contributed by atoms with Crippen molar-refractivity contribution in [1.29, 1.82) is 0 Å². The van der Waals surface area contributed by atoms with E-state index in [9.17, 15) is 9.59 Å². The smallest absolute Gasteiger partial charge is 0.262 e. The molecule has 0 aliphatic heterocycles. The summed E-state index contributed by atoms with van der Waals surface area (Å²) in [6.45, 7) is 6.38. The number of H-pyrrole nitrogens is 1. The van der Waals surface area contributed by atoms with Crippen molar-refractivity contribution in [2.24, 2.45) is 5.92 Å². The summed E-state index contributed by atoms with van der Waals surface area (Å²) in [5, 5.41) is 5.67. The average Bonchev–Trinajstić information content (AvgIpc) is 3.47. The molecule has 2 aromatic carbocycles.